The minimum absolute atomic E-state index is 0.181. The van der Waals surface area contributed by atoms with Crippen LogP contribution in [-0.4, -0.2) is 42.3 Å². The van der Waals surface area contributed by atoms with Crippen molar-refractivity contribution < 1.29 is 9.53 Å². The second kappa shape index (κ2) is 4.34. The number of hydrogen-bond acceptors (Lipinski definition) is 3. The van der Waals surface area contributed by atoms with E-state index >= 15 is 0 Å². The molecule has 1 saturated heterocycles. The maximum Gasteiger partial charge on any atom is 0.244 e. The molecule has 1 heterocycles. The fourth-order valence-electron chi connectivity index (χ4n) is 2.32. The molecule has 4 nitrogen and oxygen atoms in total. The van der Waals surface area contributed by atoms with Crippen molar-refractivity contribution in [1.82, 2.24) is 10.2 Å². The van der Waals surface area contributed by atoms with E-state index in [1.54, 1.807) is 0 Å². The predicted molar refractivity (Wildman–Crippen MR) is 61.9 cm³/mol. The van der Waals surface area contributed by atoms with E-state index in [0.717, 1.165) is 12.8 Å². The third-order valence-corrected chi connectivity index (χ3v) is 3.67. The van der Waals surface area contributed by atoms with Gasteiger partial charge in [0.15, 0.2) is 0 Å². The number of rotatable bonds is 5. The standard InChI is InChI=1S/C12H22N2O2/c1-4-16-7-10(9(2)3)14-8-13-12(5-6-12)11(14)15/h9-10,13H,4-8H2,1-3H3. The van der Waals surface area contributed by atoms with Crippen LogP contribution in [0.2, 0.25) is 0 Å². The van der Waals surface area contributed by atoms with E-state index in [4.69, 9.17) is 4.74 Å². The Morgan fingerprint density at radius 2 is 2.19 bits per heavy atom. The number of hydrogen-bond donors (Lipinski definition) is 1. The summed E-state index contributed by atoms with van der Waals surface area (Å²) in [4.78, 5) is 14.2. The topological polar surface area (TPSA) is 41.6 Å². The van der Waals surface area contributed by atoms with Gasteiger partial charge in [0.2, 0.25) is 5.91 Å². The first-order valence-corrected chi connectivity index (χ1v) is 6.24. The number of amides is 1. The molecule has 16 heavy (non-hydrogen) atoms. The van der Waals surface area contributed by atoms with E-state index < -0.39 is 0 Å². The minimum atomic E-state index is -0.181. The van der Waals surface area contributed by atoms with Crippen LogP contribution in [0.4, 0.5) is 0 Å². The van der Waals surface area contributed by atoms with E-state index in [0.29, 0.717) is 25.8 Å². The Labute approximate surface area is 97.3 Å². The lowest BCUT2D eigenvalue weighted by atomic mass is 10.0. The summed E-state index contributed by atoms with van der Waals surface area (Å²) in [6.07, 6.45) is 2.00. The molecule has 92 valence electrons. The van der Waals surface area contributed by atoms with Gasteiger partial charge in [-0.05, 0) is 25.7 Å². The van der Waals surface area contributed by atoms with Gasteiger partial charge in [-0.15, -0.1) is 0 Å². The normalized spacial score (nSPS) is 24.5. The SMILES string of the molecule is CCOCC(C(C)C)N1CNC2(CC2)C1=O. The zero-order chi connectivity index (χ0) is 11.8. The van der Waals surface area contributed by atoms with Crippen molar-refractivity contribution in [1.29, 1.82) is 0 Å². The van der Waals surface area contributed by atoms with Crippen LogP contribution in [0.1, 0.15) is 33.6 Å². The van der Waals surface area contributed by atoms with Crippen LogP contribution in [0.15, 0.2) is 0 Å². The Morgan fingerprint density at radius 3 is 2.62 bits per heavy atom. The summed E-state index contributed by atoms with van der Waals surface area (Å²) in [5, 5.41) is 3.34. The van der Waals surface area contributed by atoms with Gasteiger partial charge in [0.05, 0.1) is 24.9 Å². The van der Waals surface area contributed by atoms with Crippen LogP contribution in [-0.2, 0) is 9.53 Å². The fraction of sp³-hybridized carbons (Fsp3) is 0.917. The first-order valence-electron chi connectivity index (χ1n) is 6.24. The second-order valence-corrected chi connectivity index (χ2v) is 5.16. The molecular weight excluding hydrogens is 204 g/mol. The molecule has 1 saturated carbocycles. The van der Waals surface area contributed by atoms with Crippen molar-refractivity contribution in [2.75, 3.05) is 19.9 Å². The number of nitrogens with zero attached hydrogens (tertiary/aromatic N) is 1. The van der Waals surface area contributed by atoms with Gasteiger partial charge in [0, 0.05) is 6.61 Å². The Morgan fingerprint density at radius 1 is 1.50 bits per heavy atom. The molecule has 4 heteroatoms. The molecule has 1 atom stereocenters. The van der Waals surface area contributed by atoms with Gasteiger partial charge in [-0.3, -0.25) is 10.1 Å². The first kappa shape index (κ1) is 11.9. The summed E-state index contributed by atoms with van der Waals surface area (Å²) >= 11 is 0. The lowest BCUT2D eigenvalue weighted by molar-refractivity contribution is -0.133. The molecule has 1 aliphatic heterocycles. The molecule has 1 N–H and O–H groups in total. The van der Waals surface area contributed by atoms with Crippen LogP contribution >= 0.6 is 0 Å². The van der Waals surface area contributed by atoms with Crippen LogP contribution in [0.25, 0.3) is 0 Å². The Balaban J connectivity index is 2.00. The molecule has 2 rings (SSSR count). The molecule has 1 aliphatic carbocycles. The van der Waals surface area contributed by atoms with Crippen LogP contribution in [0.5, 0.6) is 0 Å². The molecular formula is C12H22N2O2. The fourth-order valence-corrected chi connectivity index (χ4v) is 2.32. The van der Waals surface area contributed by atoms with Gasteiger partial charge in [0.25, 0.3) is 0 Å². The number of nitrogens with one attached hydrogen (secondary N) is 1. The highest BCUT2D eigenvalue weighted by Crippen LogP contribution is 2.41. The summed E-state index contributed by atoms with van der Waals surface area (Å²) in [5.41, 5.74) is -0.181. The summed E-state index contributed by atoms with van der Waals surface area (Å²) in [6.45, 7) is 8.34. The zero-order valence-corrected chi connectivity index (χ0v) is 10.5. The lowest BCUT2D eigenvalue weighted by Gasteiger charge is -2.30. The summed E-state index contributed by atoms with van der Waals surface area (Å²) in [6, 6.07) is 0.208. The van der Waals surface area contributed by atoms with Crippen molar-refractivity contribution in [2.24, 2.45) is 5.92 Å². The molecule has 1 unspecified atom stereocenters. The van der Waals surface area contributed by atoms with Crippen LogP contribution < -0.4 is 5.32 Å². The molecule has 0 aromatic rings. The quantitative estimate of drug-likeness (QED) is 0.759. The number of carbonyl (C=O) groups excluding carboxylic acids is 1. The Kier molecular flexibility index (Phi) is 3.22. The number of carbonyl (C=O) groups is 1. The highest BCUT2D eigenvalue weighted by Gasteiger charge is 2.56. The monoisotopic (exact) mass is 226 g/mol. The summed E-state index contributed by atoms with van der Waals surface area (Å²) in [7, 11) is 0. The van der Waals surface area contributed by atoms with Crippen molar-refractivity contribution in [3.8, 4) is 0 Å². The largest absolute Gasteiger partial charge is 0.380 e. The van der Waals surface area contributed by atoms with Gasteiger partial charge in [-0.2, -0.15) is 0 Å². The van der Waals surface area contributed by atoms with Crippen molar-refractivity contribution >= 4 is 5.91 Å². The first-order chi connectivity index (χ1) is 7.60. The van der Waals surface area contributed by atoms with Gasteiger partial charge in [0.1, 0.15) is 0 Å². The average molecular weight is 226 g/mol. The van der Waals surface area contributed by atoms with Crippen LogP contribution in [0, 0.1) is 5.92 Å². The van der Waals surface area contributed by atoms with Crippen LogP contribution in [0.3, 0.4) is 0 Å². The molecule has 0 aromatic carbocycles. The Hall–Kier alpha value is -0.610. The van der Waals surface area contributed by atoms with E-state index in [1.807, 2.05) is 11.8 Å². The molecule has 0 radical (unpaired) electrons. The van der Waals surface area contributed by atoms with E-state index in [9.17, 15) is 4.79 Å². The molecule has 0 bridgehead atoms. The highest BCUT2D eigenvalue weighted by atomic mass is 16.5. The van der Waals surface area contributed by atoms with Gasteiger partial charge in [-0.1, -0.05) is 13.8 Å². The van der Waals surface area contributed by atoms with Crippen molar-refractivity contribution in [2.45, 2.75) is 45.2 Å². The van der Waals surface area contributed by atoms with E-state index in [-0.39, 0.29) is 17.5 Å². The van der Waals surface area contributed by atoms with Gasteiger partial charge >= 0.3 is 0 Å². The summed E-state index contributed by atoms with van der Waals surface area (Å²) in [5.74, 6) is 0.720. The molecule has 1 amide bonds. The van der Waals surface area contributed by atoms with E-state index in [1.165, 1.54) is 0 Å². The van der Waals surface area contributed by atoms with Gasteiger partial charge < -0.3 is 9.64 Å². The predicted octanol–water partition coefficient (Wildman–Crippen LogP) is 0.969. The van der Waals surface area contributed by atoms with Crippen molar-refractivity contribution in [3.63, 3.8) is 0 Å². The molecule has 0 aromatic heterocycles. The maximum absolute atomic E-state index is 12.2. The molecule has 2 fully saturated rings. The zero-order valence-electron chi connectivity index (χ0n) is 10.5. The highest BCUT2D eigenvalue weighted by molar-refractivity contribution is 5.91. The Bertz CT molecular complexity index is 274. The average Bonchev–Trinajstić information content (AvgIpc) is 2.96. The third kappa shape index (κ3) is 1.96. The molecule has 2 aliphatic rings. The van der Waals surface area contributed by atoms with Gasteiger partial charge in [-0.25, -0.2) is 0 Å². The smallest absolute Gasteiger partial charge is 0.244 e. The minimum Gasteiger partial charge on any atom is -0.380 e. The lowest BCUT2D eigenvalue weighted by Crippen LogP contribution is -2.45. The van der Waals surface area contributed by atoms with E-state index in [2.05, 4.69) is 19.2 Å². The summed E-state index contributed by atoms with van der Waals surface area (Å²) < 4.78 is 5.48. The third-order valence-electron chi connectivity index (χ3n) is 3.67. The maximum atomic E-state index is 12.2. The second-order valence-electron chi connectivity index (χ2n) is 5.16. The van der Waals surface area contributed by atoms with Crippen molar-refractivity contribution in [3.05, 3.63) is 0 Å². The molecule has 1 spiro atoms. The number of ether oxygens (including phenoxy) is 1.